The lowest BCUT2D eigenvalue weighted by Crippen LogP contribution is -2.41. The van der Waals surface area contributed by atoms with Gasteiger partial charge in [0, 0.05) is 6.04 Å². The van der Waals surface area contributed by atoms with E-state index in [0.717, 1.165) is 17.9 Å². The number of ether oxygens (including phenoxy) is 2. The molecular formula is C13H18ClNO2. The summed E-state index contributed by atoms with van der Waals surface area (Å²) in [4.78, 5) is 0. The second-order valence-electron chi connectivity index (χ2n) is 4.28. The van der Waals surface area contributed by atoms with Crippen LogP contribution in [0.4, 0.5) is 0 Å². The van der Waals surface area contributed by atoms with Gasteiger partial charge in [-0.3, -0.25) is 0 Å². The fourth-order valence-electron chi connectivity index (χ4n) is 2.00. The monoisotopic (exact) mass is 255 g/mol. The maximum Gasteiger partial charge on any atom is 0.137 e. The molecule has 2 atom stereocenters. The molecule has 0 aromatic heterocycles. The molecular weight excluding hydrogens is 238 g/mol. The largest absolute Gasteiger partial charge is 0.492 e. The molecule has 3 nitrogen and oxygen atoms in total. The van der Waals surface area contributed by atoms with Gasteiger partial charge in [-0.05, 0) is 31.5 Å². The van der Waals surface area contributed by atoms with Crippen LogP contribution in [0.5, 0.6) is 5.75 Å². The Morgan fingerprint density at radius 2 is 2.29 bits per heavy atom. The quantitative estimate of drug-likeness (QED) is 0.901. The van der Waals surface area contributed by atoms with Gasteiger partial charge >= 0.3 is 0 Å². The van der Waals surface area contributed by atoms with Crippen molar-refractivity contribution in [3.05, 3.63) is 28.8 Å². The first-order chi connectivity index (χ1) is 8.20. The second kappa shape index (κ2) is 5.71. The van der Waals surface area contributed by atoms with Crippen LogP contribution in [0.1, 0.15) is 25.5 Å². The summed E-state index contributed by atoms with van der Waals surface area (Å²) in [6.07, 6.45) is 0. The van der Waals surface area contributed by atoms with Gasteiger partial charge in [0.1, 0.15) is 5.75 Å². The second-order valence-corrected chi connectivity index (χ2v) is 4.69. The van der Waals surface area contributed by atoms with E-state index < -0.39 is 0 Å². The highest BCUT2D eigenvalue weighted by Gasteiger charge is 2.20. The van der Waals surface area contributed by atoms with E-state index in [0.29, 0.717) is 24.3 Å². The smallest absolute Gasteiger partial charge is 0.137 e. The molecule has 0 amide bonds. The maximum atomic E-state index is 6.17. The summed E-state index contributed by atoms with van der Waals surface area (Å²) in [5.41, 5.74) is 1.14. The van der Waals surface area contributed by atoms with Crippen LogP contribution in [-0.2, 0) is 4.74 Å². The first-order valence-electron chi connectivity index (χ1n) is 5.96. The molecule has 94 valence electrons. The third-order valence-electron chi connectivity index (χ3n) is 2.80. The van der Waals surface area contributed by atoms with E-state index in [-0.39, 0.29) is 6.04 Å². The highest BCUT2D eigenvalue weighted by atomic mass is 35.5. The Hall–Kier alpha value is -0.770. The molecule has 2 rings (SSSR count). The zero-order valence-electron chi connectivity index (χ0n) is 10.2. The molecule has 1 aliphatic rings. The molecule has 1 aromatic carbocycles. The van der Waals surface area contributed by atoms with Crippen molar-refractivity contribution in [1.29, 1.82) is 0 Å². The molecule has 2 unspecified atom stereocenters. The summed E-state index contributed by atoms with van der Waals surface area (Å²) in [5.74, 6) is 0.739. The zero-order valence-corrected chi connectivity index (χ0v) is 11.0. The minimum absolute atomic E-state index is 0.215. The molecule has 1 heterocycles. The van der Waals surface area contributed by atoms with Gasteiger partial charge in [0.25, 0.3) is 0 Å². The summed E-state index contributed by atoms with van der Waals surface area (Å²) < 4.78 is 10.9. The van der Waals surface area contributed by atoms with Crippen LogP contribution in [0, 0.1) is 0 Å². The number of morpholine rings is 1. The van der Waals surface area contributed by atoms with E-state index in [1.54, 1.807) is 0 Å². The number of benzene rings is 1. The average molecular weight is 256 g/mol. The Kier molecular flexibility index (Phi) is 4.26. The SMILES string of the molecule is CCOc1ccc(C2COCC(C)N2)cc1Cl. The fourth-order valence-corrected chi connectivity index (χ4v) is 2.24. The van der Waals surface area contributed by atoms with E-state index in [2.05, 4.69) is 12.2 Å². The van der Waals surface area contributed by atoms with E-state index in [9.17, 15) is 0 Å². The van der Waals surface area contributed by atoms with Gasteiger partial charge in [-0.1, -0.05) is 17.7 Å². The van der Waals surface area contributed by atoms with Crippen molar-refractivity contribution >= 4 is 11.6 Å². The molecule has 4 heteroatoms. The summed E-state index contributed by atoms with van der Waals surface area (Å²) in [6, 6.07) is 6.50. The highest BCUT2D eigenvalue weighted by molar-refractivity contribution is 6.32. The molecule has 1 saturated heterocycles. The molecule has 0 saturated carbocycles. The van der Waals surface area contributed by atoms with Crippen LogP contribution in [0.3, 0.4) is 0 Å². The summed E-state index contributed by atoms with van der Waals surface area (Å²) in [7, 11) is 0. The highest BCUT2D eigenvalue weighted by Crippen LogP contribution is 2.29. The van der Waals surface area contributed by atoms with E-state index in [4.69, 9.17) is 21.1 Å². The lowest BCUT2D eigenvalue weighted by Gasteiger charge is -2.29. The van der Waals surface area contributed by atoms with Crippen molar-refractivity contribution in [2.75, 3.05) is 19.8 Å². The van der Waals surface area contributed by atoms with Crippen LogP contribution >= 0.6 is 11.6 Å². The van der Waals surface area contributed by atoms with Crippen molar-refractivity contribution in [3.8, 4) is 5.75 Å². The normalized spacial score (nSPS) is 24.6. The van der Waals surface area contributed by atoms with Gasteiger partial charge in [-0.25, -0.2) is 0 Å². The van der Waals surface area contributed by atoms with E-state index >= 15 is 0 Å². The van der Waals surface area contributed by atoms with E-state index in [1.165, 1.54) is 0 Å². The van der Waals surface area contributed by atoms with Gasteiger partial charge in [0.15, 0.2) is 0 Å². The number of hydrogen-bond acceptors (Lipinski definition) is 3. The number of hydrogen-bond donors (Lipinski definition) is 1. The van der Waals surface area contributed by atoms with Gasteiger partial charge in [-0.15, -0.1) is 0 Å². The Labute approximate surface area is 107 Å². The van der Waals surface area contributed by atoms with Gasteiger partial charge in [0.05, 0.1) is 30.9 Å². The fraction of sp³-hybridized carbons (Fsp3) is 0.538. The predicted octanol–water partition coefficient (Wildman–Crippen LogP) is 2.79. The zero-order chi connectivity index (χ0) is 12.3. The number of nitrogens with one attached hydrogen (secondary N) is 1. The number of rotatable bonds is 3. The summed E-state index contributed by atoms with van der Waals surface area (Å²) >= 11 is 6.17. The van der Waals surface area contributed by atoms with Gasteiger partial charge in [0.2, 0.25) is 0 Å². The lowest BCUT2D eigenvalue weighted by atomic mass is 10.1. The third-order valence-corrected chi connectivity index (χ3v) is 3.09. The van der Waals surface area contributed by atoms with Crippen molar-refractivity contribution in [2.45, 2.75) is 25.9 Å². The molecule has 1 aromatic rings. The average Bonchev–Trinajstić information content (AvgIpc) is 2.32. The molecule has 1 N–H and O–H groups in total. The van der Waals surface area contributed by atoms with Gasteiger partial charge < -0.3 is 14.8 Å². The molecule has 0 aliphatic carbocycles. The predicted molar refractivity (Wildman–Crippen MR) is 68.8 cm³/mol. The van der Waals surface area contributed by atoms with Crippen molar-refractivity contribution in [2.24, 2.45) is 0 Å². The third kappa shape index (κ3) is 3.12. The standard InChI is InChI=1S/C13H18ClNO2/c1-3-17-13-5-4-10(6-11(13)14)12-8-16-7-9(2)15-12/h4-6,9,12,15H,3,7-8H2,1-2H3. The van der Waals surface area contributed by atoms with Crippen LogP contribution in [0.25, 0.3) is 0 Å². The molecule has 0 bridgehead atoms. The Bertz CT molecular complexity index is 384. The molecule has 0 radical (unpaired) electrons. The minimum atomic E-state index is 0.215. The Morgan fingerprint density at radius 1 is 1.47 bits per heavy atom. The number of halogens is 1. The lowest BCUT2D eigenvalue weighted by molar-refractivity contribution is 0.0504. The van der Waals surface area contributed by atoms with Crippen LogP contribution < -0.4 is 10.1 Å². The topological polar surface area (TPSA) is 30.5 Å². The molecule has 1 aliphatic heterocycles. The molecule has 1 fully saturated rings. The summed E-state index contributed by atoms with van der Waals surface area (Å²) in [5, 5.41) is 4.14. The Balaban J connectivity index is 2.13. The van der Waals surface area contributed by atoms with Crippen LogP contribution in [-0.4, -0.2) is 25.9 Å². The van der Waals surface area contributed by atoms with E-state index in [1.807, 2.05) is 25.1 Å². The summed E-state index contributed by atoms with van der Waals surface area (Å²) in [6.45, 7) is 6.14. The minimum Gasteiger partial charge on any atom is -0.492 e. The molecule has 17 heavy (non-hydrogen) atoms. The first kappa shape index (κ1) is 12.7. The Morgan fingerprint density at radius 3 is 2.94 bits per heavy atom. The van der Waals surface area contributed by atoms with Crippen LogP contribution in [0.2, 0.25) is 5.02 Å². The first-order valence-corrected chi connectivity index (χ1v) is 6.34. The van der Waals surface area contributed by atoms with Crippen molar-refractivity contribution in [3.63, 3.8) is 0 Å². The van der Waals surface area contributed by atoms with Crippen molar-refractivity contribution < 1.29 is 9.47 Å². The molecule has 0 spiro atoms. The van der Waals surface area contributed by atoms with Crippen molar-refractivity contribution in [1.82, 2.24) is 5.32 Å². The van der Waals surface area contributed by atoms with Crippen LogP contribution in [0.15, 0.2) is 18.2 Å². The maximum absolute atomic E-state index is 6.17. The van der Waals surface area contributed by atoms with Gasteiger partial charge in [-0.2, -0.15) is 0 Å².